The second-order valence-electron chi connectivity index (χ2n) is 7.52. The van der Waals surface area contributed by atoms with E-state index < -0.39 is 0 Å². The molecule has 0 fully saturated rings. The summed E-state index contributed by atoms with van der Waals surface area (Å²) in [7, 11) is 0. The molecule has 27 heavy (non-hydrogen) atoms. The minimum Gasteiger partial charge on any atom is -0.486 e. The molecule has 0 bridgehead atoms. The van der Waals surface area contributed by atoms with Gasteiger partial charge >= 0.3 is 0 Å². The summed E-state index contributed by atoms with van der Waals surface area (Å²) in [4.78, 5) is 17.4. The van der Waals surface area contributed by atoms with E-state index in [9.17, 15) is 4.79 Å². The molecule has 3 nitrogen and oxygen atoms in total. The van der Waals surface area contributed by atoms with Crippen molar-refractivity contribution in [3.8, 4) is 5.75 Å². The van der Waals surface area contributed by atoms with Crippen LogP contribution in [0.25, 0.3) is 5.57 Å². The molecule has 0 aromatic heterocycles. The number of Topliss-reactive ketones (excluding diaryl/α,β-unsaturated/α-hetero) is 1. The van der Waals surface area contributed by atoms with Gasteiger partial charge in [-0.25, -0.2) is 0 Å². The predicted octanol–water partition coefficient (Wildman–Crippen LogP) is 5.75. The van der Waals surface area contributed by atoms with Gasteiger partial charge in [0.15, 0.2) is 5.78 Å². The van der Waals surface area contributed by atoms with Gasteiger partial charge in [-0.05, 0) is 60.2 Å². The van der Waals surface area contributed by atoms with Gasteiger partial charge in [0.1, 0.15) is 11.4 Å². The fourth-order valence-electron chi connectivity index (χ4n) is 4.02. The summed E-state index contributed by atoms with van der Waals surface area (Å²) >= 11 is 0. The van der Waals surface area contributed by atoms with Gasteiger partial charge in [0.05, 0.1) is 17.7 Å². The van der Waals surface area contributed by atoms with Crippen LogP contribution in [0.3, 0.4) is 0 Å². The molecular formula is C24H25NO2. The number of benzene rings is 2. The van der Waals surface area contributed by atoms with E-state index >= 15 is 0 Å². The second-order valence-corrected chi connectivity index (χ2v) is 7.52. The number of ether oxygens (including phenoxy) is 1. The van der Waals surface area contributed by atoms with Crippen LogP contribution in [0.15, 0.2) is 53.7 Å². The van der Waals surface area contributed by atoms with Crippen molar-refractivity contribution < 1.29 is 9.53 Å². The first-order chi connectivity index (χ1) is 13.0. The van der Waals surface area contributed by atoms with Gasteiger partial charge in [0, 0.05) is 12.6 Å². The SMILES string of the molecule is CCC1(CC)CC(=O)c2cc(C3=NC=C(c4ccccc4C)C3)ccc2O1. The third-order valence-corrected chi connectivity index (χ3v) is 5.94. The smallest absolute Gasteiger partial charge is 0.170 e. The summed E-state index contributed by atoms with van der Waals surface area (Å²) in [5.74, 6) is 0.886. The third kappa shape index (κ3) is 3.12. The number of hydrogen-bond acceptors (Lipinski definition) is 3. The highest BCUT2D eigenvalue weighted by atomic mass is 16.5. The third-order valence-electron chi connectivity index (χ3n) is 5.94. The predicted molar refractivity (Wildman–Crippen MR) is 110 cm³/mol. The molecule has 2 aromatic carbocycles. The van der Waals surface area contributed by atoms with Crippen LogP contribution in [0.4, 0.5) is 0 Å². The zero-order chi connectivity index (χ0) is 19.0. The van der Waals surface area contributed by atoms with E-state index in [1.807, 2.05) is 24.4 Å². The lowest BCUT2D eigenvalue weighted by Gasteiger charge is -2.36. The molecule has 0 unspecified atom stereocenters. The fourth-order valence-corrected chi connectivity index (χ4v) is 4.02. The number of ketones is 1. The monoisotopic (exact) mass is 359 g/mol. The molecule has 0 N–H and O–H groups in total. The van der Waals surface area contributed by atoms with Crippen molar-refractivity contribution in [1.82, 2.24) is 0 Å². The lowest BCUT2D eigenvalue weighted by Crippen LogP contribution is -2.40. The zero-order valence-corrected chi connectivity index (χ0v) is 16.2. The quantitative estimate of drug-likeness (QED) is 0.697. The van der Waals surface area contributed by atoms with Crippen LogP contribution in [0.2, 0.25) is 0 Å². The summed E-state index contributed by atoms with van der Waals surface area (Å²) in [6.45, 7) is 6.29. The molecule has 4 rings (SSSR count). The number of hydrogen-bond donors (Lipinski definition) is 0. The van der Waals surface area contributed by atoms with E-state index in [4.69, 9.17) is 4.74 Å². The Morgan fingerprint density at radius 1 is 1.07 bits per heavy atom. The molecule has 3 heteroatoms. The molecule has 0 saturated carbocycles. The van der Waals surface area contributed by atoms with Crippen molar-refractivity contribution in [3.63, 3.8) is 0 Å². The summed E-state index contributed by atoms with van der Waals surface area (Å²) in [6, 6.07) is 14.3. The average molecular weight is 359 g/mol. The van der Waals surface area contributed by atoms with Crippen LogP contribution < -0.4 is 4.74 Å². The van der Waals surface area contributed by atoms with Gasteiger partial charge in [-0.15, -0.1) is 0 Å². The maximum atomic E-state index is 12.8. The Labute approximate surface area is 160 Å². The van der Waals surface area contributed by atoms with E-state index in [-0.39, 0.29) is 11.4 Å². The summed E-state index contributed by atoms with van der Waals surface area (Å²) in [5.41, 5.74) is 6.07. The van der Waals surface area contributed by atoms with E-state index in [1.54, 1.807) is 0 Å². The highest BCUT2D eigenvalue weighted by molar-refractivity contribution is 6.11. The maximum Gasteiger partial charge on any atom is 0.170 e. The first kappa shape index (κ1) is 17.7. The first-order valence-corrected chi connectivity index (χ1v) is 9.73. The fraction of sp³-hybridized carbons (Fsp3) is 0.333. The van der Waals surface area contributed by atoms with E-state index in [2.05, 4.69) is 50.0 Å². The van der Waals surface area contributed by atoms with E-state index in [0.29, 0.717) is 17.7 Å². The second kappa shape index (κ2) is 6.80. The lowest BCUT2D eigenvalue weighted by molar-refractivity contribution is 0.0350. The molecule has 0 radical (unpaired) electrons. The molecule has 0 aliphatic carbocycles. The normalized spacial score (nSPS) is 17.8. The van der Waals surface area contributed by atoms with Gasteiger partial charge in [-0.3, -0.25) is 9.79 Å². The van der Waals surface area contributed by atoms with Gasteiger partial charge in [-0.1, -0.05) is 38.1 Å². The summed E-state index contributed by atoms with van der Waals surface area (Å²) in [5, 5.41) is 0. The number of aryl methyl sites for hydroxylation is 1. The molecule has 0 spiro atoms. The van der Waals surface area contributed by atoms with E-state index in [1.165, 1.54) is 16.7 Å². The number of rotatable bonds is 4. The Kier molecular flexibility index (Phi) is 4.47. The molecule has 0 saturated heterocycles. The molecule has 2 aliphatic heterocycles. The Morgan fingerprint density at radius 2 is 1.85 bits per heavy atom. The van der Waals surface area contributed by atoms with Crippen molar-refractivity contribution in [2.45, 2.75) is 52.1 Å². The Balaban J connectivity index is 1.59. The van der Waals surface area contributed by atoms with Crippen LogP contribution in [0.1, 0.15) is 66.6 Å². The van der Waals surface area contributed by atoms with Gasteiger partial charge in [-0.2, -0.15) is 0 Å². The minimum absolute atomic E-state index is 0.174. The zero-order valence-electron chi connectivity index (χ0n) is 16.2. The van der Waals surface area contributed by atoms with Gasteiger partial charge in [0.25, 0.3) is 0 Å². The van der Waals surface area contributed by atoms with Crippen LogP contribution in [0.5, 0.6) is 5.75 Å². The molecule has 0 atom stereocenters. The van der Waals surface area contributed by atoms with Gasteiger partial charge in [0.2, 0.25) is 0 Å². The van der Waals surface area contributed by atoms with Crippen molar-refractivity contribution in [2.24, 2.45) is 4.99 Å². The Bertz CT molecular complexity index is 964. The highest BCUT2D eigenvalue weighted by Gasteiger charge is 2.37. The topological polar surface area (TPSA) is 38.7 Å². The number of carbonyl (C=O) groups is 1. The lowest BCUT2D eigenvalue weighted by atomic mass is 9.85. The van der Waals surface area contributed by atoms with Crippen LogP contribution in [-0.4, -0.2) is 17.1 Å². The standard InChI is InChI=1S/C24H25NO2/c1-4-24(5-2)14-22(26)20-12-17(10-11-23(20)27-24)21-13-18(15-25-21)19-9-7-6-8-16(19)3/h6-12,15H,4-5,13-14H2,1-3H3. The van der Waals surface area contributed by atoms with E-state index in [0.717, 1.165) is 30.5 Å². The van der Waals surface area contributed by atoms with Gasteiger partial charge < -0.3 is 4.74 Å². The van der Waals surface area contributed by atoms with Crippen molar-refractivity contribution >= 4 is 17.1 Å². The first-order valence-electron chi connectivity index (χ1n) is 9.73. The van der Waals surface area contributed by atoms with Crippen LogP contribution >= 0.6 is 0 Å². The van der Waals surface area contributed by atoms with Crippen LogP contribution in [-0.2, 0) is 0 Å². The minimum atomic E-state index is -0.351. The number of nitrogens with zero attached hydrogens (tertiary/aromatic N) is 1. The maximum absolute atomic E-state index is 12.8. The average Bonchev–Trinajstić information content (AvgIpc) is 3.18. The number of carbonyl (C=O) groups excluding carboxylic acids is 1. The molecule has 0 amide bonds. The van der Waals surface area contributed by atoms with Crippen molar-refractivity contribution in [3.05, 3.63) is 70.9 Å². The number of aliphatic imine (C=N–C) groups is 1. The molecule has 2 heterocycles. The number of allylic oxidation sites excluding steroid dienone is 1. The van der Waals surface area contributed by atoms with Crippen molar-refractivity contribution in [1.29, 1.82) is 0 Å². The molecule has 2 aromatic rings. The van der Waals surface area contributed by atoms with Crippen LogP contribution in [0, 0.1) is 6.92 Å². The summed E-state index contributed by atoms with van der Waals surface area (Å²) in [6.07, 6.45) is 4.87. The highest BCUT2D eigenvalue weighted by Crippen LogP contribution is 2.38. The molecule has 138 valence electrons. The Hall–Kier alpha value is -2.68. The Morgan fingerprint density at radius 3 is 2.59 bits per heavy atom. The van der Waals surface area contributed by atoms with Crippen molar-refractivity contribution in [2.75, 3.05) is 0 Å². The molecule has 2 aliphatic rings. The molecular weight excluding hydrogens is 334 g/mol. The summed E-state index contributed by atoms with van der Waals surface area (Å²) < 4.78 is 6.24. The number of fused-ring (bicyclic) bond motifs is 1. The largest absolute Gasteiger partial charge is 0.486 e.